The van der Waals surface area contributed by atoms with E-state index in [4.69, 9.17) is 4.42 Å². The summed E-state index contributed by atoms with van der Waals surface area (Å²) < 4.78 is 103. The summed E-state index contributed by atoms with van der Waals surface area (Å²) in [7, 11) is 0. The molecule has 3 aromatic rings. The second kappa shape index (κ2) is 11.9. The third-order valence-electron chi connectivity index (χ3n) is 7.66. The molecule has 0 aliphatic carbocycles. The molecule has 17 heteroatoms. The Morgan fingerprint density at radius 1 is 0.957 bits per heavy atom. The van der Waals surface area contributed by atoms with Crippen LogP contribution in [-0.2, 0) is 22.2 Å². The number of aromatic nitrogens is 3. The Kier molecular flexibility index (Phi) is 9.11. The average molecular weight is 681 g/mol. The van der Waals surface area contributed by atoms with E-state index in [1.165, 1.54) is 24.8 Å². The van der Waals surface area contributed by atoms with Crippen LogP contribution in [0.1, 0.15) is 75.0 Å². The van der Waals surface area contributed by atoms with Crippen LogP contribution >= 0.6 is 11.3 Å². The van der Waals surface area contributed by atoms with E-state index in [0.717, 1.165) is 0 Å². The van der Waals surface area contributed by atoms with E-state index >= 15 is 0 Å². The Morgan fingerprint density at radius 2 is 1.52 bits per heavy atom. The Hall–Kier alpha value is -3.60. The van der Waals surface area contributed by atoms with E-state index in [9.17, 15) is 50.5 Å². The molecule has 1 amide bonds. The van der Waals surface area contributed by atoms with Gasteiger partial charge in [-0.25, -0.2) is 9.37 Å². The number of likely N-dealkylation sites (tertiary alicyclic amines) is 1. The minimum atomic E-state index is -6.17. The number of piperidine rings is 1. The van der Waals surface area contributed by atoms with Crippen molar-refractivity contribution in [2.24, 2.45) is 5.41 Å². The van der Waals surface area contributed by atoms with Crippen molar-refractivity contribution < 1.29 is 55.0 Å². The first-order chi connectivity index (χ1) is 21.0. The Morgan fingerprint density at radius 3 is 2.04 bits per heavy atom. The number of aliphatic carboxylic acids is 1. The van der Waals surface area contributed by atoms with Crippen molar-refractivity contribution in [1.82, 2.24) is 20.1 Å². The molecule has 4 rings (SSSR count). The quantitative estimate of drug-likeness (QED) is 0.264. The van der Waals surface area contributed by atoms with Crippen LogP contribution in [-0.4, -0.2) is 73.8 Å². The number of carboxylic acid groups (broad SMARTS) is 1. The van der Waals surface area contributed by atoms with E-state index in [-0.39, 0.29) is 70.8 Å². The summed E-state index contributed by atoms with van der Waals surface area (Å²) in [4.78, 5) is 30.6. The van der Waals surface area contributed by atoms with Gasteiger partial charge < -0.3 is 19.5 Å². The molecule has 46 heavy (non-hydrogen) atoms. The van der Waals surface area contributed by atoms with E-state index in [1.54, 1.807) is 20.8 Å². The Balaban J connectivity index is 1.94. The van der Waals surface area contributed by atoms with Gasteiger partial charge in [-0.1, -0.05) is 26.8 Å². The molecule has 9 nitrogen and oxygen atoms in total. The second-order valence-electron chi connectivity index (χ2n) is 12.8. The van der Waals surface area contributed by atoms with Crippen molar-refractivity contribution in [2.45, 2.75) is 83.4 Å². The maximum absolute atomic E-state index is 14.0. The number of carbonyl (C=O) groups excluding carboxylic acids is 1. The zero-order chi connectivity index (χ0) is 34.6. The van der Waals surface area contributed by atoms with Crippen LogP contribution in [0.15, 0.2) is 22.6 Å². The highest BCUT2D eigenvalue weighted by atomic mass is 32.1. The average Bonchev–Trinajstić information content (AvgIpc) is 3.58. The fourth-order valence-electron chi connectivity index (χ4n) is 4.71. The number of alkyl halides is 7. The molecule has 0 saturated carbocycles. The lowest BCUT2D eigenvalue weighted by atomic mass is 9.81. The highest BCUT2D eigenvalue weighted by Crippen LogP contribution is 2.52. The normalized spacial score (nSPS) is 15.8. The molecule has 2 N–H and O–H groups in total. The molecule has 0 radical (unpaired) electrons. The van der Waals surface area contributed by atoms with Gasteiger partial charge in [-0.3, -0.25) is 9.59 Å². The van der Waals surface area contributed by atoms with Crippen molar-refractivity contribution in [2.75, 3.05) is 13.1 Å². The summed E-state index contributed by atoms with van der Waals surface area (Å²) in [5, 5.41) is 27.3. The summed E-state index contributed by atoms with van der Waals surface area (Å²) in [5.74, 6) is -2.30. The SMILES string of the molecule is CC(C)(Cc1nnc(-c2nc(C(=O)N3CCC(F)CC3)c(-c3cc(C(C)(C)C)cc(C(O)(C(F)(F)F)C(F)(F)F)c3)s2)o1)C(=O)O. The molecule has 1 saturated heterocycles. The maximum atomic E-state index is 14.0. The van der Waals surface area contributed by atoms with Crippen LogP contribution in [0.3, 0.4) is 0 Å². The van der Waals surface area contributed by atoms with Gasteiger partial charge in [0.25, 0.3) is 17.4 Å². The van der Waals surface area contributed by atoms with Gasteiger partial charge in [-0.05, 0) is 55.4 Å². The van der Waals surface area contributed by atoms with Crippen molar-refractivity contribution >= 4 is 23.2 Å². The number of benzene rings is 1. The molecule has 0 atom stereocenters. The van der Waals surface area contributed by atoms with Gasteiger partial charge in [0.1, 0.15) is 11.9 Å². The molecular weight excluding hydrogens is 649 g/mol. The minimum Gasteiger partial charge on any atom is -0.481 e. The van der Waals surface area contributed by atoms with E-state index in [2.05, 4.69) is 15.2 Å². The van der Waals surface area contributed by atoms with E-state index in [1.807, 2.05) is 0 Å². The monoisotopic (exact) mass is 680 g/mol. The lowest BCUT2D eigenvalue weighted by molar-refractivity contribution is -0.376. The predicted octanol–water partition coefficient (Wildman–Crippen LogP) is 6.70. The fourth-order valence-corrected chi connectivity index (χ4v) is 5.67. The van der Waals surface area contributed by atoms with Gasteiger partial charge in [0.2, 0.25) is 5.89 Å². The van der Waals surface area contributed by atoms with Crippen molar-refractivity contribution in [1.29, 1.82) is 0 Å². The number of carbonyl (C=O) groups is 2. The molecule has 2 aromatic heterocycles. The lowest BCUT2D eigenvalue weighted by Gasteiger charge is -2.34. The van der Waals surface area contributed by atoms with E-state index < -0.39 is 52.4 Å². The number of aliphatic hydroxyl groups is 1. The lowest BCUT2D eigenvalue weighted by Crippen LogP contribution is -2.54. The number of carboxylic acids is 1. The first-order valence-corrected chi connectivity index (χ1v) is 14.8. The van der Waals surface area contributed by atoms with Crippen LogP contribution in [0.25, 0.3) is 21.3 Å². The van der Waals surface area contributed by atoms with E-state index in [0.29, 0.717) is 23.5 Å². The Bertz CT molecular complexity index is 1600. The third kappa shape index (κ3) is 6.75. The largest absolute Gasteiger partial charge is 0.481 e. The molecule has 0 spiro atoms. The topological polar surface area (TPSA) is 130 Å². The van der Waals surface area contributed by atoms with Crippen LogP contribution in [0.2, 0.25) is 0 Å². The number of hydrogen-bond acceptors (Lipinski definition) is 8. The van der Waals surface area contributed by atoms with Crippen molar-refractivity contribution in [3.8, 4) is 21.3 Å². The van der Waals surface area contributed by atoms with Crippen LogP contribution in [0, 0.1) is 5.41 Å². The van der Waals surface area contributed by atoms with Gasteiger partial charge in [0.05, 0.1) is 10.3 Å². The first-order valence-electron chi connectivity index (χ1n) is 14.0. The molecule has 1 aliphatic rings. The number of halogens is 7. The van der Waals surface area contributed by atoms with Crippen LogP contribution in [0.5, 0.6) is 0 Å². The summed E-state index contributed by atoms with van der Waals surface area (Å²) >= 11 is 0.660. The smallest absolute Gasteiger partial charge is 0.430 e. The standard InChI is InChI=1S/C29H31F7N4O5S/c1-25(2,3)15-10-14(11-16(12-15)27(44,28(31,32)33)29(34,35)36)20-19(23(41)40-8-6-17(30)7-9-40)37-22(46-20)21-39-38-18(45-21)13-26(4,5)24(42)43/h10-12,17,44H,6-9,13H2,1-5H3,(H,42,43). The highest BCUT2D eigenvalue weighted by molar-refractivity contribution is 7.18. The molecule has 1 fully saturated rings. The third-order valence-corrected chi connectivity index (χ3v) is 8.76. The summed E-state index contributed by atoms with van der Waals surface area (Å²) in [5.41, 5.74) is -9.78. The van der Waals surface area contributed by atoms with Gasteiger partial charge in [0, 0.05) is 25.1 Å². The van der Waals surface area contributed by atoms with Crippen LogP contribution in [0.4, 0.5) is 30.7 Å². The minimum absolute atomic E-state index is 0.0122. The Labute approximate surface area is 262 Å². The van der Waals surface area contributed by atoms with Gasteiger partial charge in [-0.2, -0.15) is 26.3 Å². The molecule has 252 valence electrons. The van der Waals surface area contributed by atoms with Crippen molar-refractivity contribution in [3.63, 3.8) is 0 Å². The molecule has 0 unspecified atom stereocenters. The number of hydrogen-bond donors (Lipinski definition) is 2. The maximum Gasteiger partial charge on any atom is 0.430 e. The molecule has 1 aromatic carbocycles. The molecular formula is C29H31F7N4O5S. The number of rotatable bonds is 7. The summed E-state index contributed by atoms with van der Waals surface area (Å²) in [6.07, 6.45) is -13.7. The van der Waals surface area contributed by atoms with Gasteiger partial charge in [0.15, 0.2) is 5.01 Å². The first kappa shape index (κ1) is 35.3. The summed E-state index contributed by atoms with van der Waals surface area (Å²) in [6.45, 7) is 7.43. The number of thiazole rings is 1. The van der Waals surface area contributed by atoms with Crippen molar-refractivity contribution in [3.05, 3.63) is 40.9 Å². The molecule has 1 aliphatic heterocycles. The highest BCUT2D eigenvalue weighted by Gasteiger charge is 2.71. The van der Waals surface area contributed by atoms with Gasteiger partial charge >= 0.3 is 18.3 Å². The predicted molar refractivity (Wildman–Crippen MR) is 151 cm³/mol. The number of nitrogens with zero attached hydrogens (tertiary/aromatic N) is 4. The second-order valence-corrected chi connectivity index (χ2v) is 13.8. The number of amides is 1. The van der Waals surface area contributed by atoms with Crippen LogP contribution < -0.4 is 0 Å². The van der Waals surface area contributed by atoms with Gasteiger partial charge in [-0.15, -0.1) is 21.5 Å². The fraction of sp³-hybridized carbons (Fsp3) is 0.552. The molecule has 0 bridgehead atoms. The zero-order valence-corrected chi connectivity index (χ0v) is 26.1. The summed E-state index contributed by atoms with van der Waals surface area (Å²) in [6, 6.07) is 2.42. The zero-order valence-electron chi connectivity index (χ0n) is 25.3. The molecule has 3 heterocycles.